The molecule has 0 spiro atoms. The molecule has 0 heterocycles. The molecule has 0 aliphatic heterocycles. The number of amides is 2. The molecule has 0 aliphatic rings. The summed E-state index contributed by atoms with van der Waals surface area (Å²) in [5.41, 5.74) is 11.3. The van der Waals surface area contributed by atoms with Crippen molar-refractivity contribution in [3.05, 3.63) is 34.3 Å². The molecule has 7 heteroatoms. The van der Waals surface area contributed by atoms with Crippen LogP contribution in [0.1, 0.15) is 18.5 Å². The Labute approximate surface area is 120 Å². The predicted octanol–water partition coefficient (Wildman–Crippen LogP) is 0.861. The lowest BCUT2D eigenvalue weighted by atomic mass is 10.1. The van der Waals surface area contributed by atoms with Crippen LogP contribution >= 0.6 is 28.3 Å². The van der Waals surface area contributed by atoms with Crippen LogP contribution in [0, 0.1) is 0 Å². The van der Waals surface area contributed by atoms with Crippen LogP contribution in [-0.2, 0) is 9.59 Å². The van der Waals surface area contributed by atoms with Crippen molar-refractivity contribution in [2.24, 2.45) is 11.5 Å². The average molecular weight is 337 g/mol. The van der Waals surface area contributed by atoms with Gasteiger partial charge in [0.2, 0.25) is 11.8 Å². The van der Waals surface area contributed by atoms with Gasteiger partial charge in [-0.25, -0.2) is 0 Å². The highest BCUT2D eigenvalue weighted by molar-refractivity contribution is 9.10. The topological polar surface area (TPSA) is 98.2 Å². The number of hydrogen-bond acceptors (Lipinski definition) is 3. The third kappa shape index (κ3) is 4.64. The third-order valence-corrected chi connectivity index (χ3v) is 2.66. The lowest BCUT2D eigenvalue weighted by molar-refractivity contribution is -0.128. The standard InChI is InChI=1S/C11H14BrN3O2.ClH/c1-6(13)11(17)15-9(10(14)16)7-3-2-4-8(12)5-7;/h2-6,9H,13H2,1H3,(H2,14,16)(H,15,17);1H/t6-,9?;/m1./s1. The largest absolute Gasteiger partial charge is 0.368 e. The van der Waals surface area contributed by atoms with E-state index >= 15 is 0 Å². The second-order valence-electron chi connectivity index (χ2n) is 3.69. The second-order valence-corrected chi connectivity index (χ2v) is 4.60. The van der Waals surface area contributed by atoms with E-state index in [9.17, 15) is 9.59 Å². The number of hydrogen-bond donors (Lipinski definition) is 3. The summed E-state index contributed by atoms with van der Waals surface area (Å²) >= 11 is 3.29. The van der Waals surface area contributed by atoms with Gasteiger partial charge in [-0.2, -0.15) is 0 Å². The second kappa shape index (κ2) is 7.35. The molecule has 0 saturated heterocycles. The van der Waals surface area contributed by atoms with Crippen molar-refractivity contribution in [3.63, 3.8) is 0 Å². The summed E-state index contributed by atoms with van der Waals surface area (Å²) in [4.78, 5) is 22.8. The van der Waals surface area contributed by atoms with E-state index in [-0.39, 0.29) is 12.4 Å². The fraction of sp³-hybridized carbons (Fsp3) is 0.273. The van der Waals surface area contributed by atoms with Gasteiger partial charge in [0.05, 0.1) is 6.04 Å². The maximum absolute atomic E-state index is 11.5. The van der Waals surface area contributed by atoms with Crippen LogP contribution < -0.4 is 16.8 Å². The number of primary amides is 1. The van der Waals surface area contributed by atoms with Gasteiger partial charge in [0.15, 0.2) is 0 Å². The molecule has 18 heavy (non-hydrogen) atoms. The third-order valence-electron chi connectivity index (χ3n) is 2.17. The molecule has 0 bridgehead atoms. The van der Waals surface area contributed by atoms with E-state index in [2.05, 4.69) is 21.2 Å². The van der Waals surface area contributed by atoms with Gasteiger partial charge in [-0.05, 0) is 24.6 Å². The molecular formula is C11H15BrClN3O2. The zero-order valence-electron chi connectivity index (χ0n) is 9.72. The molecule has 5 nitrogen and oxygen atoms in total. The monoisotopic (exact) mass is 335 g/mol. The van der Waals surface area contributed by atoms with Crippen LogP contribution in [0.5, 0.6) is 0 Å². The number of nitrogens with one attached hydrogen (secondary N) is 1. The van der Waals surface area contributed by atoms with Gasteiger partial charge >= 0.3 is 0 Å². The van der Waals surface area contributed by atoms with E-state index in [1.54, 1.807) is 18.2 Å². The van der Waals surface area contributed by atoms with Gasteiger partial charge in [0, 0.05) is 4.47 Å². The molecule has 1 aromatic carbocycles. The maximum Gasteiger partial charge on any atom is 0.244 e. The smallest absolute Gasteiger partial charge is 0.244 e. The number of carbonyl (C=O) groups excluding carboxylic acids is 2. The molecule has 2 atom stereocenters. The minimum absolute atomic E-state index is 0. The Morgan fingerprint density at radius 2 is 2.00 bits per heavy atom. The highest BCUT2D eigenvalue weighted by Gasteiger charge is 2.21. The summed E-state index contributed by atoms with van der Waals surface area (Å²) in [6.07, 6.45) is 0. The SMILES string of the molecule is C[C@@H](N)C(=O)NC(C(N)=O)c1cccc(Br)c1.Cl. The zero-order valence-corrected chi connectivity index (χ0v) is 12.1. The summed E-state index contributed by atoms with van der Waals surface area (Å²) in [5, 5.41) is 2.50. The van der Waals surface area contributed by atoms with Crippen LogP contribution in [0.3, 0.4) is 0 Å². The Bertz CT molecular complexity index is 440. The molecule has 0 aromatic heterocycles. The number of halogens is 2. The lowest BCUT2D eigenvalue weighted by Crippen LogP contribution is -2.44. The van der Waals surface area contributed by atoms with E-state index in [1.807, 2.05) is 6.07 Å². The fourth-order valence-electron chi connectivity index (χ4n) is 1.28. The molecule has 0 saturated carbocycles. The maximum atomic E-state index is 11.5. The van der Waals surface area contributed by atoms with Crippen LogP contribution in [-0.4, -0.2) is 17.9 Å². The number of benzene rings is 1. The normalized spacial score (nSPS) is 13.1. The van der Waals surface area contributed by atoms with Crippen LogP contribution in [0.4, 0.5) is 0 Å². The Balaban J connectivity index is 0.00000289. The number of rotatable bonds is 4. The van der Waals surface area contributed by atoms with Crippen molar-refractivity contribution in [3.8, 4) is 0 Å². The minimum Gasteiger partial charge on any atom is -0.368 e. The Hall–Kier alpha value is -1.11. The van der Waals surface area contributed by atoms with E-state index in [4.69, 9.17) is 11.5 Å². The summed E-state index contributed by atoms with van der Waals surface area (Å²) in [6, 6.07) is 5.44. The first-order valence-electron chi connectivity index (χ1n) is 5.02. The molecule has 5 N–H and O–H groups in total. The summed E-state index contributed by atoms with van der Waals surface area (Å²) in [6.45, 7) is 1.54. The minimum atomic E-state index is -0.869. The van der Waals surface area contributed by atoms with Crippen molar-refractivity contribution in [1.82, 2.24) is 5.32 Å². The molecule has 1 aromatic rings. The van der Waals surface area contributed by atoms with Gasteiger partial charge in [0.25, 0.3) is 0 Å². The Kier molecular flexibility index (Phi) is 6.90. The number of nitrogens with two attached hydrogens (primary N) is 2. The van der Waals surface area contributed by atoms with Gasteiger partial charge < -0.3 is 16.8 Å². The molecule has 2 amide bonds. The Morgan fingerprint density at radius 3 is 2.44 bits per heavy atom. The summed E-state index contributed by atoms with van der Waals surface area (Å²) in [7, 11) is 0. The predicted molar refractivity (Wildman–Crippen MR) is 75.1 cm³/mol. The highest BCUT2D eigenvalue weighted by Crippen LogP contribution is 2.18. The van der Waals surface area contributed by atoms with Crippen LogP contribution in [0.25, 0.3) is 0 Å². The van der Waals surface area contributed by atoms with Crippen LogP contribution in [0.2, 0.25) is 0 Å². The van der Waals surface area contributed by atoms with Gasteiger partial charge in [-0.1, -0.05) is 28.1 Å². The summed E-state index contributed by atoms with van der Waals surface area (Å²) in [5.74, 6) is -1.05. The van der Waals surface area contributed by atoms with Crippen LogP contribution in [0.15, 0.2) is 28.7 Å². The quantitative estimate of drug-likeness (QED) is 0.760. The van der Waals surface area contributed by atoms with E-state index in [0.717, 1.165) is 4.47 Å². The van der Waals surface area contributed by atoms with E-state index < -0.39 is 23.9 Å². The highest BCUT2D eigenvalue weighted by atomic mass is 79.9. The first kappa shape index (κ1) is 16.9. The molecule has 100 valence electrons. The molecule has 0 aliphatic carbocycles. The molecule has 1 unspecified atom stereocenters. The number of carbonyl (C=O) groups is 2. The van der Waals surface area contributed by atoms with Crippen molar-refractivity contribution in [2.75, 3.05) is 0 Å². The average Bonchev–Trinajstić information content (AvgIpc) is 2.24. The van der Waals surface area contributed by atoms with Crippen molar-refractivity contribution in [2.45, 2.75) is 19.0 Å². The van der Waals surface area contributed by atoms with Gasteiger partial charge in [-0.15, -0.1) is 12.4 Å². The molecule has 1 rings (SSSR count). The fourth-order valence-corrected chi connectivity index (χ4v) is 1.70. The van der Waals surface area contributed by atoms with Gasteiger partial charge in [-0.3, -0.25) is 9.59 Å². The van der Waals surface area contributed by atoms with E-state index in [1.165, 1.54) is 6.92 Å². The van der Waals surface area contributed by atoms with Gasteiger partial charge in [0.1, 0.15) is 6.04 Å². The molecule has 0 radical (unpaired) electrons. The molecule has 0 fully saturated rings. The lowest BCUT2D eigenvalue weighted by Gasteiger charge is -2.17. The zero-order chi connectivity index (χ0) is 13.0. The first-order chi connectivity index (χ1) is 7.91. The molecular weight excluding hydrogens is 321 g/mol. The van der Waals surface area contributed by atoms with Crippen molar-refractivity contribution < 1.29 is 9.59 Å². The first-order valence-corrected chi connectivity index (χ1v) is 5.82. The summed E-state index contributed by atoms with van der Waals surface area (Å²) < 4.78 is 0.802. The van der Waals surface area contributed by atoms with Crippen molar-refractivity contribution >= 4 is 40.2 Å². The Morgan fingerprint density at radius 1 is 1.39 bits per heavy atom. The van der Waals surface area contributed by atoms with E-state index in [0.29, 0.717) is 5.56 Å². The van der Waals surface area contributed by atoms with Crippen molar-refractivity contribution in [1.29, 1.82) is 0 Å².